The molecular weight excluding hydrogens is 470 g/mol. The van der Waals surface area contributed by atoms with Crippen molar-refractivity contribution in [2.75, 3.05) is 7.11 Å². The molecule has 1 aliphatic carbocycles. The van der Waals surface area contributed by atoms with Gasteiger partial charge in [0.25, 0.3) is 0 Å². The quantitative estimate of drug-likeness (QED) is 0.551. The Kier molecular flexibility index (Phi) is 6.12. The van der Waals surface area contributed by atoms with E-state index in [2.05, 4.69) is 15.6 Å². The molecule has 3 heterocycles. The number of aromatic nitrogens is 1. The van der Waals surface area contributed by atoms with Gasteiger partial charge >= 0.3 is 0 Å². The van der Waals surface area contributed by atoms with E-state index in [1.54, 1.807) is 19.5 Å². The highest BCUT2D eigenvalue weighted by Gasteiger charge is 2.53. The molecule has 2 aromatic rings. The first-order chi connectivity index (χ1) is 17.5. The molecule has 3 aliphatic rings. The van der Waals surface area contributed by atoms with E-state index < -0.39 is 17.2 Å². The molecule has 37 heavy (non-hydrogen) atoms. The van der Waals surface area contributed by atoms with E-state index in [0.717, 1.165) is 11.1 Å². The van der Waals surface area contributed by atoms with Gasteiger partial charge in [0, 0.05) is 48.3 Å². The minimum absolute atomic E-state index is 0.0485. The second-order valence-corrected chi connectivity index (χ2v) is 11.6. The maximum atomic E-state index is 13.5. The van der Waals surface area contributed by atoms with Gasteiger partial charge in [-0.05, 0) is 63.8 Å². The van der Waals surface area contributed by atoms with E-state index in [-0.39, 0.29) is 42.1 Å². The van der Waals surface area contributed by atoms with Crippen LogP contribution in [0.15, 0.2) is 42.7 Å². The number of pyridine rings is 1. The van der Waals surface area contributed by atoms with E-state index in [0.29, 0.717) is 24.3 Å². The summed E-state index contributed by atoms with van der Waals surface area (Å²) >= 11 is 0. The summed E-state index contributed by atoms with van der Waals surface area (Å²) in [6.45, 7) is 7.84. The number of ether oxygens (including phenoxy) is 2. The molecule has 2 fully saturated rings. The number of nitrogens with one attached hydrogen (secondary N) is 3. The first kappa shape index (κ1) is 25.0. The third kappa shape index (κ3) is 4.99. The van der Waals surface area contributed by atoms with Gasteiger partial charge in [-0.25, -0.2) is 0 Å². The molecule has 5 rings (SSSR count). The van der Waals surface area contributed by atoms with E-state index in [9.17, 15) is 9.59 Å². The molecular formula is C28H35N5O4. The molecule has 0 bridgehead atoms. The lowest BCUT2D eigenvalue weighted by molar-refractivity contribution is -0.133. The topological polar surface area (TPSA) is 117 Å². The molecule has 0 spiro atoms. The zero-order chi connectivity index (χ0) is 26.5. The van der Waals surface area contributed by atoms with Crippen LogP contribution < -0.4 is 20.1 Å². The number of hydrogen-bond acceptors (Lipinski definition) is 6. The van der Waals surface area contributed by atoms with Crippen LogP contribution in [-0.4, -0.2) is 45.9 Å². The Morgan fingerprint density at radius 1 is 1.30 bits per heavy atom. The van der Waals surface area contributed by atoms with Gasteiger partial charge in [-0.2, -0.15) is 0 Å². The first-order valence-corrected chi connectivity index (χ1v) is 12.7. The Morgan fingerprint density at radius 2 is 2.08 bits per heavy atom. The van der Waals surface area contributed by atoms with Crippen LogP contribution in [-0.2, 0) is 9.59 Å². The fourth-order valence-electron chi connectivity index (χ4n) is 5.68. The second-order valence-electron chi connectivity index (χ2n) is 11.6. The van der Waals surface area contributed by atoms with Gasteiger partial charge in [-0.3, -0.25) is 24.9 Å². The number of amides is 2. The summed E-state index contributed by atoms with van der Waals surface area (Å²) in [7, 11) is 1.62. The molecule has 1 saturated heterocycles. The number of nitrogens with zero attached hydrogens (tertiary/aromatic N) is 2. The zero-order valence-electron chi connectivity index (χ0n) is 22.0. The second kappa shape index (κ2) is 9.04. The van der Waals surface area contributed by atoms with Crippen molar-refractivity contribution in [3.05, 3.63) is 53.9 Å². The van der Waals surface area contributed by atoms with E-state index in [1.807, 2.05) is 58.0 Å². The smallest absolute Gasteiger partial charge is 0.232 e. The van der Waals surface area contributed by atoms with E-state index >= 15 is 0 Å². The lowest BCUT2D eigenvalue weighted by atomic mass is 9.89. The largest absolute Gasteiger partial charge is 0.497 e. The number of hydrogen-bond donors (Lipinski definition) is 3. The number of carbonyl (C=O) groups excluding carboxylic acids is 2. The average Bonchev–Trinajstić information content (AvgIpc) is 3.60. The fourth-order valence-corrected chi connectivity index (χ4v) is 5.68. The van der Waals surface area contributed by atoms with Gasteiger partial charge in [0.2, 0.25) is 11.8 Å². The van der Waals surface area contributed by atoms with Gasteiger partial charge in [0.05, 0.1) is 19.2 Å². The van der Waals surface area contributed by atoms with Crippen molar-refractivity contribution >= 4 is 17.8 Å². The molecule has 2 amide bonds. The summed E-state index contributed by atoms with van der Waals surface area (Å²) < 4.78 is 11.5. The number of carbonyl (C=O) groups is 2. The SMILES string of the molecule is COc1ccc2c(c1)OC(C)(C)C[C@@H]2NC(=O)[C@@H]1C[C@H]1[C@H](c1cccnc1)N1C(=N)NC(C)(C)CC1=O. The van der Waals surface area contributed by atoms with Crippen LogP contribution in [0, 0.1) is 17.2 Å². The Hall–Kier alpha value is -3.62. The van der Waals surface area contributed by atoms with Crippen LogP contribution in [0.4, 0.5) is 0 Å². The molecule has 0 radical (unpaired) electrons. The number of guanidine groups is 1. The van der Waals surface area contributed by atoms with Crippen molar-refractivity contribution in [2.24, 2.45) is 11.8 Å². The van der Waals surface area contributed by atoms with Gasteiger partial charge in [0.1, 0.15) is 17.1 Å². The normalized spacial score (nSPS) is 26.3. The van der Waals surface area contributed by atoms with Crippen LogP contribution in [0.25, 0.3) is 0 Å². The van der Waals surface area contributed by atoms with E-state index in [4.69, 9.17) is 14.9 Å². The van der Waals surface area contributed by atoms with Crippen LogP contribution in [0.3, 0.4) is 0 Å². The molecule has 1 saturated carbocycles. The summed E-state index contributed by atoms with van der Waals surface area (Å²) in [6.07, 6.45) is 4.95. The number of methoxy groups -OCH3 is 1. The highest BCUT2D eigenvalue weighted by atomic mass is 16.5. The van der Waals surface area contributed by atoms with Gasteiger partial charge < -0.3 is 20.1 Å². The maximum Gasteiger partial charge on any atom is 0.232 e. The maximum absolute atomic E-state index is 13.5. The predicted octanol–water partition coefficient (Wildman–Crippen LogP) is 3.72. The van der Waals surface area contributed by atoms with Crippen molar-refractivity contribution in [1.29, 1.82) is 5.41 Å². The Morgan fingerprint density at radius 3 is 2.76 bits per heavy atom. The number of benzene rings is 1. The monoisotopic (exact) mass is 505 g/mol. The van der Waals surface area contributed by atoms with Crippen molar-refractivity contribution in [3.8, 4) is 11.5 Å². The molecule has 1 aromatic heterocycles. The fraction of sp³-hybridized carbons (Fsp3) is 0.500. The average molecular weight is 506 g/mol. The zero-order valence-corrected chi connectivity index (χ0v) is 22.0. The predicted molar refractivity (Wildman–Crippen MR) is 138 cm³/mol. The van der Waals surface area contributed by atoms with Gasteiger partial charge in [0.15, 0.2) is 5.96 Å². The van der Waals surface area contributed by atoms with Crippen molar-refractivity contribution in [3.63, 3.8) is 0 Å². The van der Waals surface area contributed by atoms with Crippen molar-refractivity contribution < 1.29 is 19.1 Å². The Balaban J connectivity index is 1.37. The van der Waals surface area contributed by atoms with Crippen LogP contribution in [0.2, 0.25) is 0 Å². The molecule has 196 valence electrons. The summed E-state index contributed by atoms with van der Waals surface area (Å²) in [5, 5.41) is 15.0. The molecule has 9 nitrogen and oxygen atoms in total. The van der Waals surface area contributed by atoms with Crippen molar-refractivity contribution in [1.82, 2.24) is 20.5 Å². The van der Waals surface area contributed by atoms with Crippen LogP contribution >= 0.6 is 0 Å². The van der Waals surface area contributed by atoms with E-state index in [1.165, 1.54) is 4.90 Å². The molecule has 4 atom stereocenters. The highest BCUT2D eigenvalue weighted by molar-refractivity contribution is 5.99. The molecule has 1 aromatic carbocycles. The standard InChI is InChI=1S/C28H35N5O4/c1-27(2)14-23(34)33(26(29)32-27)24(16-7-6-10-30-15-16)19-12-20(19)25(35)31-21-13-28(3,4)37-22-11-17(36-5)8-9-18(21)22/h6-11,15,19-21,24H,12-14H2,1-5H3,(H2,29,32)(H,31,35)/t19-,20-,21+,24+/m1/s1. The highest BCUT2D eigenvalue weighted by Crippen LogP contribution is 2.51. The number of fused-ring (bicyclic) bond motifs is 1. The summed E-state index contributed by atoms with van der Waals surface area (Å²) in [5.41, 5.74) is 0.809. The molecule has 9 heteroatoms. The molecule has 3 N–H and O–H groups in total. The summed E-state index contributed by atoms with van der Waals surface area (Å²) in [5.74, 6) is 0.926. The summed E-state index contributed by atoms with van der Waals surface area (Å²) in [6, 6.07) is 8.78. The summed E-state index contributed by atoms with van der Waals surface area (Å²) in [4.78, 5) is 32.5. The minimum Gasteiger partial charge on any atom is -0.497 e. The van der Waals surface area contributed by atoms with Crippen LogP contribution in [0.5, 0.6) is 11.5 Å². The number of rotatable bonds is 6. The minimum atomic E-state index is -0.490. The van der Waals surface area contributed by atoms with Gasteiger partial charge in [-0.1, -0.05) is 6.07 Å². The third-order valence-electron chi connectivity index (χ3n) is 7.44. The Labute approximate surface area is 217 Å². The molecule has 0 unspecified atom stereocenters. The Bertz CT molecular complexity index is 1210. The molecule has 2 aliphatic heterocycles. The van der Waals surface area contributed by atoms with Gasteiger partial charge in [-0.15, -0.1) is 0 Å². The lowest BCUT2D eigenvalue weighted by Crippen LogP contribution is -2.60. The first-order valence-electron chi connectivity index (χ1n) is 12.7. The van der Waals surface area contributed by atoms with Crippen molar-refractivity contribution in [2.45, 2.75) is 70.2 Å². The van der Waals surface area contributed by atoms with Crippen LogP contribution in [0.1, 0.15) is 70.2 Å². The lowest BCUT2D eigenvalue weighted by Gasteiger charge is -2.42. The third-order valence-corrected chi connectivity index (χ3v) is 7.44.